The summed E-state index contributed by atoms with van der Waals surface area (Å²) >= 11 is 1.62. The van der Waals surface area contributed by atoms with Gasteiger partial charge >= 0.3 is 0 Å². The van der Waals surface area contributed by atoms with E-state index in [1.54, 1.807) is 17.4 Å². The molecule has 0 spiro atoms. The maximum absolute atomic E-state index is 10.2. The molecule has 2 aliphatic heterocycles. The van der Waals surface area contributed by atoms with Crippen molar-refractivity contribution in [1.29, 1.82) is 0 Å². The van der Waals surface area contributed by atoms with Crippen LogP contribution in [-0.4, -0.2) is 20.9 Å². The first kappa shape index (κ1) is 15.3. The molecule has 0 saturated heterocycles. The topological polar surface area (TPSA) is 65.3 Å². The van der Waals surface area contributed by atoms with Gasteiger partial charge in [-0.2, -0.15) is 16.4 Å². The summed E-state index contributed by atoms with van der Waals surface area (Å²) in [6.45, 7) is 0. The van der Waals surface area contributed by atoms with E-state index in [0.29, 0.717) is 12.0 Å². The van der Waals surface area contributed by atoms with Gasteiger partial charge in [0, 0.05) is 23.1 Å². The molecular weight excluding hydrogens is 348 g/mol. The summed E-state index contributed by atoms with van der Waals surface area (Å²) in [5.74, 6) is 1.08. The number of ether oxygens (including phenoxy) is 1. The molecule has 1 aromatic heterocycles. The maximum atomic E-state index is 10.2. The minimum atomic E-state index is -0.307. The molecule has 5 nitrogen and oxygen atoms in total. The third-order valence-electron chi connectivity index (χ3n) is 4.82. The van der Waals surface area contributed by atoms with Crippen LogP contribution in [0, 0.1) is 0 Å². The van der Waals surface area contributed by atoms with Crippen molar-refractivity contribution in [3.8, 4) is 17.2 Å². The van der Waals surface area contributed by atoms with Crippen molar-refractivity contribution in [2.45, 2.75) is 18.7 Å². The number of aromatic hydroxyl groups is 2. The van der Waals surface area contributed by atoms with Gasteiger partial charge in [-0.15, -0.1) is 0 Å². The second-order valence-corrected chi connectivity index (χ2v) is 7.19. The first-order valence-corrected chi connectivity index (χ1v) is 9.31. The van der Waals surface area contributed by atoms with Crippen molar-refractivity contribution in [3.05, 3.63) is 76.0 Å². The number of benzene rings is 2. The number of phenolic OH excluding ortho intramolecular Hbond substituents is 2. The van der Waals surface area contributed by atoms with Crippen LogP contribution in [0.15, 0.2) is 64.4 Å². The largest absolute Gasteiger partial charge is 0.508 e. The van der Waals surface area contributed by atoms with E-state index in [4.69, 9.17) is 9.84 Å². The van der Waals surface area contributed by atoms with E-state index in [1.165, 1.54) is 12.1 Å². The standard InChI is InChI=1S/C20H16N2O3S/c23-13-5-6-18(24)15(9-13)16-10-17-14-3-1-2-4-19(14)25-20(22(17)21-16)12-7-8-26-11-12/h1-9,11,17,20,23-24H,10H2. The second kappa shape index (κ2) is 5.78. The first-order valence-electron chi connectivity index (χ1n) is 8.36. The third kappa shape index (κ3) is 2.34. The number of thiophene rings is 1. The Balaban J connectivity index is 1.62. The number of nitrogens with zero attached hydrogens (tertiary/aromatic N) is 2. The van der Waals surface area contributed by atoms with Crippen molar-refractivity contribution >= 4 is 17.0 Å². The predicted molar refractivity (Wildman–Crippen MR) is 99.6 cm³/mol. The molecule has 0 amide bonds. The van der Waals surface area contributed by atoms with Crippen molar-refractivity contribution in [2.24, 2.45) is 5.10 Å². The highest BCUT2D eigenvalue weighted by molar-refractivity contribution is 7.07. The summed E-state index contributed by atoms with van der Waals surface area (Å²) in [4.78, 5) is 0. The highest BCUT2D eigenvalue weighted by atomic mass is 32.1. The van der Waals surface area contributed by atoms with Gasteiger partial charge in [-0.25, -0.2) is 5.01 Å². The quantitative estimate of drug-likeness (QED) is 0.662. The highest BCUT2D eigenvalue weighted by Gasteiger charge is 2.41. The van der Waals surface area contributed by atoms with Crippen LogP contribution in [-0.2, 0) is 0 Å². The number of fused-ring (bicyclic) bond motifs is 3. The zero-order valence-electron chi connectivity index (χ0n) is 13.7. The fourth-order valence-corrected chi connectivity index (χ4v) is 4.25. The van der Waals surface area contributed by atoms with Gasteiger partial charge in [0.1, 0.15) is 17.2 Å². The Bertz CT molecular complexity index is 1000. The summed E-state index contributed by atoms with van der Waals surface area (Å²) in [6, 6.07) is 14.6. The molecule has 2 N–H and O–H groups in total. The van der Waals surface area contributed by atoms with Crippen molar-refractivity contribution in [1.82, 2.24) is 5.01 Å². The lowest BCUT2D eigenvalue weighted by atomic mass is 9.96. The second-order valence-electron chi connectivity index (χ2n) is 6.41. The lowest BCUT2D eigenvalue weighted by Crippen LogP contribution is -2.33. The van der Waals surface area contributed by atoms with Crippen molar-refractivity contribution in [3.63, 3.8) is 0 Å². The van der Waals surface area contributed by atoms with E-state index in [0.717, 1.165) is 22.6 Å². The highest BCUT2D eigenvalue weighted by Crippen LogP contribution is 2.48. The number of phenols is 2. The zero-order chi connectivity index (χ0) is 17.7. The first-order chi connectivity index (χ1) is 12.7. The number of hydrogen-bond donors (Lipinski definition) is 2. The number of hydrogen-bond acceptors (Lipinski definition) is 6. The number of para-hydroxylation sites is 1. The van der Waals surface area contributed by atoms with E-state index < -0.39 is 0 Å². The third-order valence-corrected chi connectivity index (χ3v) is 5.52. The van der Waals surface area contributed by atoms with Crippen LogP contribution in [0.4, 0.5) is 0 Å². The molecule has 0 aliphatic carbocycles. The van der Waals surface area contributed by atoms with Gasteiger partial charge in [0.15, 0.2) is 0 Å². The van der Waals surface area contributed by atoms with Crippen LogP contribution >= 0.6 is 11.3 Å². The Labute approximate surface area is 154 Å². The van der Waals surface area contributed by atoms with E-state index in [1.807, 2.05) is 34.7 Å². The molecule has 3 aromatic rings. The van der Waals surface area contributed by atoms with Crippen LogP contribution in [0.2, 0.25) is 0 Å². The van der Waals surface area contributed by atoms with E-state index in [9.17, 15) is 10.2 Å². The van der Waals surface area contributed by atoms with Crippen LogP contribution < -0.4 is 4.74 Å². The smallest absolute Gasteiger partial charge is 0.214 e. The average molecular weight is 364 g/mol. The molecular formula is C20H16N2O3S. The van der Waals surface area contributed by atoms with Gasteiger partial charge in [0.2, 0.25) is 6.23 Å². The maximum Gasteiger partial charge on any atom is 0.214 e. The normalized spacial score (nSPS) is 20.9. The molecule has 2 aliphatic rings. The molecule has 2 aromatic carbocycles. The SMILES string of the molecule is Oc1ccc(O)c(C2=NN3C(C2)c2ccccc2OC3c2ccsc2)c1. The Morgan fingerprint density at radius 2 is 2.00 bits per heavy atom. The van der Waals surface area contributed by atoms with Crippen molar-refractivity contribution < 1.29 is 14.9 Å². The minimum Gasteiger partial charge on any atom is -0.508 e. The Morgan fingerprint density at radius 1 is 1.12 bits per heavy atom. The summed E-state index contributed by atoms with van der Waals surface area (Å²) in [5, 5.41) is 30.9. The molecule has 0 radical (unpaired) electrons. The molecule has 2 unspecified atom stereocenters. The minimum absolute atomic E-state index is 0.0293. The number of rotatable bonds is 2. The van der Waals surface area contributed by atoms with Crippen LogP contribution in [0.3, 0.4) is 0 Å². The van der Waals surface area contributed by atoms with Crippen LogP contribution in [0.1, 0.15) is 35.4 Å². The molecule has 3 heterocycles. The van der Waals surface area contributed by atoms with Gasteiger partial charge in [-0.3, -0.25) is 0 Å². The van der Waals surface area contributed by atoms with E-state index >= 15 is 0 Å². The average Bonchev–Trinajstić information content (AvgIpc) is 3.33. The molecule has 130 valence electrons. The van der Waals surface area contributed by atoms with Crippen LogP contribution in [0.5, 0.6) is 17.2 Å². The summed E-state index contributed by atoms with van der Waals surface area (Å²) < 4.78 is 6.24. The molecule has 2 atom stereocenters. The number of hydrazone groups is 1. The Kier molecular flexibility index (Phi) is 3.39. The van der Waals surface area contributed by atoms with E-state index in [-0.39, 0.29) is 23.8 Å². The summed E-state index contributed by atoms with van der Waals surface area (Å²) in [7, 11) is 0. The van der Waals surface area contributed by atoms with Gasteiger partial charge in [0.25, 0.3) is 0 Å². The van der Waals surface area contributed by atoms with Gasteiger partial charge in [-0.05, 0) is 41.1 Å². The fraction of sp³-hybridized carbons (Fsp3) is 0.150. The Morgan fingerprint density at radius 3 is 2.85 bits per heavy atom. The van der Waals surface area contributed by atoms with Gasteiger partial charge < -0.3 is 14.9 Å². The van der Waals surface area contributed by atoms with E-state index in [2.05, 4.69) is 11.4 Å². The molecule has 26 heavy (non-hydrogen) atoms. The molecule has 5 rings (SSSR count). The van der Waals surface area contributed by atoms with Gasteiger partial charge in [-0.1, -0.05) is 18.2 Å². The Hall–Kier alpha value is -2.99. The fourth-order valence-electron chi connectivity index (χ4n) is 3.59. The summed E-state index contributed by atoms with van der Waals surface area (Å²) in [6.07, 6.45) is 0.330. The monoisotopic (exact) mass is 364 g/mol. The summed E-state index contributed by atoms with van der Waals surface area (Å²) in [5.41, 5.74) is 3.43. The van der Waals surface area contributed by atoms with Gasteiger partial charge in [0.05, 0.1) is 11.8 Å². The van der Waals surface area contributed by atoms with Crippen LogP contribution in [0.25, 0.3) is 0 Å². The molecule has 0 fully saturated rings. The molecule has 0 saturated carbocycles. The molecule has 0 bridgehead atoms. The van der Waals surface area contributed by atoms with Crippen molar-refractivity contribution in [2.75, 3.05) is 0 Å². The molecule has 6 heteroatoms. The zero-order valence-corrected chi connectivity index (χ0v) is 14.6. The lowest BCUT2D eigenvalue weighted by molar-refractivity contribution is -0.0187. The predicted octanol–water partition coefficient (Wildman–Crippen LogP) is 4.40. The lowest BCUT2D eigenvalue weighted by Gasteiger charge is -2.37.